The van der Waals surface area contributed by atoms with Crippen molar-refractivity contribution in [2.75, 3.05) is 0 Å². The lowest BCUT2D eigenvalue weighted by molar-refractivity contribution is 0.660. The molecule has 0 heterocycles. The van der Waals surface area contributed by atoms with Crippen molar-refractivity contribution in [3.05, 3.63) is 101 Å². The quantitative estimate of drug-likeness (QED) is 0.323. The number of fused-ring (bicyclic) bond motifs is 4. The van der Waals surface area contributed by atoms with Crippen LogP contribution in [0, 0.1) is 13.8 Å². The molecule has 148 valence electrons. The van der Waals surface area contributed by atoms with E-state index in [2.05, 4.69) is 114 Å². The van der Waals surface area contributed by atoms with Gasteiger partial charge >= 0.3 is 0 Å². The first-order valence-corrected chi connectivity index (χ1v) is 10.8. The van der Waals surface area contributed by atoms with Crippen LogP contribution in [0.15, 0.2) is 72.8 Å². The minimum Gasteiger partial charge on any atom is -0.0871 e. The van der Waals surface area contributed by atoms with Crippen molar-refractivity contribution in [1.29, 1.82) is 0 Å². The van der Waals surface area contributed by atoms with Gasteiger partial charge in [0.2, 0.25) is 0 Å². The van der Waals surface area contributed by atoms with Crippen molar-refractivity contribution in [3.8, 4) is 22.3 Å². The fourth-order valence-electron chi connectivity index (χ4n) is 5.15. The van der Waals surface area contributed by atoms with Crippen LogP contribution >= 0.6 is 0 Å². The number of allylic oxidation sites excluding steroid dienone is 1. The van der Waals surface area contributed by atoms with E-state index in [-0.39, 0.29) is 5.41 Å². The maximum absolute atomic E-state index is 2.43. The molecule has 0 radical (unpaired) electrons. The van der Waals surface area contributed by atoms with Crippen LogP contribution in [0.2, 0.25) is 0 Å². The SMILES string of the molecule is C/C=C\c1cc(-c2ccc3c(c2)C(C)(C)c2cc(C)ccc2-3)c2ccccc2c1C. The third-order valence-corrected chi connectivity index (χ3v) is 6.84. The zero-order chi connectivity index (χ0) is 21.0. The molecule has 0 atom stereocenters. The van der Waals surface area contributed by atoms with Gasteiger partial charge in [-0.05, 0) is 88.2 Å². The molecule has 0 unspecified atom stereocenters. The van der Waals surface area contributed by atoms with E-state index in [9.17, 15) is 0 Å². The Morgan fingerprint density at radius 1 is 0.700 bits per heavy atom. The Hall–Kier alpha value is -3.12. The standard InChI is InChI=1S/C30H28/c1-6-9-21-17-27(24-11-8-7-10-23(24)20(21)3)22-13-15-26-25-14-12-19(2)16-28(25)30(4,5)29(26)18-22/h6-18H,1-5H3/b9-6-. The summed E-state index contributed by atoms with van der Waals surface area (Å²) in [6, 6.07) is 25.1. The first kappa shape index (κ1) is 18.9. The van der Waals surface area contributed by atoms with Crippen molar-refractivity contribution < 1.29 is 0 Å². The van der Waals surface area contributed by atoms with Crippen molar-refractivity contribution in [3.63, 3.8) is 0 Å². The summed E-state index contributed by atoms with van der Waals surface area (Å²) in [7, 11) is 0. The summed E-state index contributed by atoms with van der Waals surface area (Å²) in [5.41, 5.74) is 12.2. The molecule has 0 N–H and O–H groups in total. The average molecular weight is 389 g/mol. The highest BCUT2D eigenvalue weighted by atomic mass is 14.4. The molecule has 30 heavy (non-hydrogen) atoms. The van der Waals surface area contributed by atoms with Gasteiger partial charge in [0.15, 0.2) is 0 Å². The monoisotopic (exact) mass is 388 g/mol. The zero-order valence-corrected chi connectivity index (χ0v) is 18.5. The summed E-state index contributed by atoms with van der Waals surface area (Å²) in [5, 5.41) is 2.66. The molecular formula is C30H28. The zero-order valence-electron chi connectivity index (χ0n) is 18.5. The lowest BCUT2D eigenvalue weighted by Crippen LogP contribution is -2.15. The number of hydrogen-bond donors (Lipinski definition) is 0. The summed E-state index contributed by atoms with van der Waals surface area (Å²) in [4.78, 5) is 0. The third kappa shape index (κ3) is 2.67. The molecule has 0 amide bonds. The lowest BCUT2D eigenvalue weighted by atomic mass is 9.81. The number of hydrogen-bond acceptors (Lipinski definition) is 0. The summed E-state index contributed by atoms with van der Waals surface area (Å²) >= 11 is 0. The van der Waals surface area contributed by atoms with Crippen LogP contribution in [-0.4, -0.2) is 0 Å². The van der Waals surface area contributed by atoms with E-state index in [4.69, 9.17) is 0 Å². The Labute approximate surface area is 179 Å². The molecule has 1 aliphatic carbocycles. The van der Waals surface area contributed by atoms with Crippen LogP contribution in [0.25, 0.3) is 39.1 Å². The fourth-order valence-corrected chi connectivity index (χ4v) is 5.15. The van der Waals surface area contributed by atoms with E-state index >= 15 is 0 Å². The van der Waals surface area contributed by atoms with Crippen LogP contribution in [0.3, 0.4) is 0 Å². The number of benzene rings is 4. The van der Waals surface area contributed by atoms with Gasteiger partial charge in [-0.25, -0.2) is 0 Å². The van der Waals surface area contributed by atoms with E-state index < -0.39 is 0 Å². The van der Waals surface area contributed by atoms with E-state index in [1.807, 2.05) is 0 Å². The van der Waals surface area contributed by atoms with Crippen LogP contribution in [0.5, 0.6) is 0 Å². The second-order valence-electron chi connectivity index (χ2n) is 9.12. The first-order chi connectivity index (χ1) is 14.4. The van der Waals surface area contributed by atoms with Gasteiger partial charge in [-0.3, -0.25) is 0 Å². The topological polar surface area (TPSA) is 0 Å². The van der Waals surface area contributed by atoms with Crippen molar-refractivity contribution in [2.24, 2.45) is 0 Å². The molecule has 0 bridgehead atoms. The largest absolute Gasteiger partial charge is 0.0871 e. The molecule has 0 saturated carbocycles. The molecule has 0 saturated heterocycles. The Bertz CT molecular complexity index is 1330. The van der Waals surface area contributed by atoms with Crippen LogP contribution in [0.1, 0.15) is 48.6 Å². The molecule has 0 aliphatic heterocycles. The van der Waals surface area contributed by atoms with Crippen molar-refractivity contribution in [1.82, 2.24) is 0 Å². The summed E-state index contributed by atoms with van der Waals surface area (Å²) in [5.74, 6) is 0. The average Bonchev–Trinajstić information content (AvgIpc) is 2.96. The normalized spacial score (nSPS) is 14.3. The second kappa shape index (κ2) is 6.71. The smallest absolute Gasteiger partial charge is 0.0159 e. The van der Waals surface area contributed by atoms with Gasteiger partial charge in [0.1, 0.15) is 0 Å². The molecule has 4 aromatic rings. The highest BCUT2D eigenvalue weighted by molar-refractivity contribution is 6.01. The number of rotatable bonds is 2. The molecule has 0 fully saturated rings. The molecule has 0 aromatic heterocycles. The van der Waals surface area contributed by atoms with Gasteiger partial charge in [0, 0.05) is 5.41 Å². The highest BCUT2D eigenvalue weighted by Crippen LogP contribution is 2.50. The van der Waals surface area contributed by atoms with Crippen molar-refractivity contribution in [2.45, 2.75) is 40.0 Å². The Morgan fingerprint density at radius 3 is 2.10 bits per heavy atom. The van der Waals surface area contributed by atoms with E-state index in [1.165, 1.54) is 60.8 Å². The minimum atomic E-state index is 0.0132. The van der Waals surface area contributed by atoms with Gasteiger partial charge < -0.3 is 0 Å². The van der Waals surface area contributed by atoms with Crippen LogP contribution in [-0.2, 0) is 5.41 Å². The van der Waals surface area contributed by atoms with E-state index in [0.29, 0.717) is 0 Å². The van der Waals surface area contributed by atoms with Crippen LogP contribution in [0.4, 0.5) is 0 Å². The molecule has 0 heteroatoms. The Balaban J connectivity index is 1.77. The third-order valence-electron chi connectivity index (χ3n) is 6.84. The summed E-state index contributed by atoms with van der Waals surface area (Å²) in [6.45, 7) is 11.2. The van der Waals surface area contributed by atoms with Gasteiger partial charge in [-0.1, -0.05) is 86.2 Å². The second-order valence-corrected chi connectivity index (χ2v) is 9.12. The molecule has 0 nitrogen and oxygen atoms in total. The maximum atomic E-state index is 2.43. The van der Waals surface area contributed by atoms with Gasteiger partial charge in [0.25, 0.3) is 0 Å². The lowest BCUT2D eigenvalue weighted by Gasteiger charge is -2.22. The summed E-state index contributed by atoms with van der Waals surface area (Å²) < 4.78 is 0. The predicted molar refractivity (Wildman–Crippen MR) is 131 cm³/mol. The van der Waals surface area contributed by atoms with E-state index in [0.717, 1.165) is 0 Å². The van der Waals surface area contributed by atoms with Crippen molar-refractivity contribution >= 4 is 16.8 Å². The molecule has 4 aromatic carbocycles. The van der Waals surface area contributed by atoms with Gasteiger partial charge in [-0.2, -0.15) is 0 Å². The van der Waals surface area contributed by atoms with Crippen LogP contribution < -0.4 is 0 Å². The summed E-state index contributed by atoms with van der Waals surface area (Å²) in [6.07, 6.45) is 4.35. The molecular weight excluding hydrogens is 360 g/mol. The minimum absolute atomic E-state index is 0.0132. The van der Waals surface area contributed by atoms with Gasteiger partial charge in [0.05, 0.1) is 0 Å². The Kier molecular flexibility index (Phi) is 4.22. The highest BCUT2D eigenvalue weighted by Gasteiger charge is 2.35. The number of aryl methyl sites for hydroxylation is 2. The fraction of sp³-hybridized carbons (Fsp3) is 0.200. The molecule has 1 aliphatic rings. The Morgan fingerprint density at radius 2 is 1.37 bits per heavy atom. The molecule has 0 spiro atoms. The molecule has 5 rings (SSSR count). The predicted octanol–water partition coefficient (Wildman–Crippen LogP) is 8.46. The van der Waals surface area contributed by atoms with E-state index in [1.54, 1.807) is 0 Å². The van der Waals surface area contributed by atoms with Gasteiger partial charge in [-0.15, -0.1) is 0 Å². The maximum Gasteiger partial charge on any atom is 0.0159 e. The first-order valence-electron chi connectivity index (χ1n) is 10.8.